The van der Waals surface area contributed by atoms with Gasteiger partial charge in [0, 0.05) is 15.4 Å². The Morgan fingerprint density at radius 1 is 1.08 bits per heavy atom. The summed E-state index contributed by atoms with van der Waals surface area (Å²) in [5, 5.41) is 9.88. The summed E-state index contributed by atoms with van der Waals surface area (Å²) >= 11 is 2.92. The van der Waals surface area contributed by atoms with Crippen molar-refractivity contribution in [2.45, 2.75) is 14.9 Å². The molecule has 2 aromatic carbocycles. The van der Waals surface area contributed by atoms with Gasteiger partial charge in [0.25, 0.3) is 5.56 Å². The van der Waals surface area contributed by atoms with Gasteiger partial charge in [-0.15, -0.1) is 0 Å². The fourth-order valence-corrected chi connectivity index (χ4v) is 3.56. The molecule has 1 N–H and O–H groups in total. The first-order valence-electron chi connectivity index (χ1n) is 7.13. The van der Waals surface area contributed by atoms with E-state index in [2.05, 4.69) is 9.97 Å². The minimum Gasteiger partial charge on any atom is -0.300 e. The smallest absolute Gasteiger partial charge is 0.270 e. The highest BCUT2D eigenvalue weighted by atomic mass is 32.2. The van der Waals surface area contributed by atoms with Gasteiger partial charge in [-0.3, -0.25) is 4.79 Å². The fourth-order valence-electron chi connectivity index (χ4n) is 2.21. The van der Waals surface area contributed by atoms with Gasteiger partial charge in [0.2, 0.25) is 0 Å². The van der Waals surface area contributed by atoms with Gasteiger partial charge >= 0.3 is 0 Å². The third-order valence-corrected chi connectivity index (χ3v) is 4.98. The predicted molar refractivity (Wildman–Crippen MR) is 97.4 cm³/mol. The number of aromatic amines is 1. The molecule has 3 aromatic rings. The zero-order chi connectivity index (χ0) is 16.9. The molecule has 0 radical (unpaired) electrons. The number of aromatic nitrogens is 2. The van der Waals surface area contributed by atoms with Gasteiger partial charge < -0.3 is 4.98 Å². The van der Waals surface area contributed by atoms with Gasteiger partial charge in [-0.2, -0.15) is 5.26 Å². The van der Waals surface area contributed by atoms with Crippen LogP contribution in [0.3, 0.4) is 0 Å². The molecule has 0 saturated heterocycles. The van der Waals surface area contributed by atoms with E-state index in [1.807, 2.05) is 66.9 Å². The zero-order valence-corrected chi connectivity index (χ0v) is 14.4. The van der Waals surface area contributed by atoms with Crippen LogP contribution >= 0.6 is 23.5 Å². The Kier molecular flexibility index (Phi) is 5.04. The molecule has 1 heterocycles. The van der Waals surface area contributed by atoms with E-state index in [1.54, 1.807) is 11.8 Å². The Morgan fingerprint density at radius 2 is 1.79 bits per heavy atom. The molecule has 0 aliphatic rings. The Bertz CT molecular complexity index is 962. The Hall–Kier alpha value is -2.49. The predicted octanol–water partition coefficient (Wildman–Crippen LogP) is 4.18. The Morgan fingerprint density at radius 3 is 2.50 bits per heavy atom. The first-order chi connectivity index (χ1) is 11.7. The van der Waals surface area contributed by atoms with Crippen LogP contribution in [0.5, 0.6) is 0 Å². The van der Waals surface area contributed by atoms with Gasteiger partial charge in [0.15, 0.2) is 5.16 Å². The van der Waals surface area contributed by atoms with E-state index >= 15 is 0 Å². The molecule has 0 atom stereocenters. The lowest BCUT2D eigenvalue weighted by atomic mass is 10.1. The number of benzene rings is 2. The number of nitriles is 1. The number of H-pyrrole nitrogens is 1. The molecular formula is C18H13N3OS2. The summed E-state index contributed by atoms with van der Waals surface area (Å²) in [6.45, 7) is 0. The summed E-state index contributed by atoms with van der Waals surface area (Å²) < 4.78 is 0. The number of thioether (sulfide) groups is 1. The quantitative estimate of drug-likeness (QED) is 0.564. The average molecular weight is 351 g/mol. The summed E-state index contributed by atoms with van der Waals surface area (Å²) in [4.78, 5) is 21.3. The molecule has 6 heteroatoms. The van der Waals surface area contributed by atoms with E-state index in [0.717, 1.165) is 15.4 Å². The van der Waals surface area contributed by atoms with Gasteiger partial charge in [0.1, 0.15) is 11.6 Å². The SMILES string of the molecule is CSc1nc(-c2ccccc2Sc2ccccc2)c(C#N)c(=O)[nH]1. The van der Waals surface area contributed by atoms with Crippen molar-refractivity contribution in [1.29, 1.82) is 5.26 Å². The molecule has 0 amide bonds. The Balaban J connectivity index is 2.16. The van der Waals surface area contributed by atoms with Crippen molar-refractivity contribution < 1.29 is 0 Å². The summed E-state index contributed by atoms with van der Waals surface area (Å²) in [5.74, 6) is 0. The Labute approximate surface area is 148 Å². The maximum absolute atomic E-state index is 12.2. The first-order valence-corrected chi connectivity index (χ1v) is 9.17. The molecule has 0 aliphatic carbocycles. The van der Waals surface area contributed by atoms with Gasteiger partial charge in [-0.05, 0) is 24.5 Å². The molecule has 0 fully saturated rings. The number of rotatable bonds is 4. The maximum Gasteiger partial charge on any atom is 0.270 e. The van der Waals surface area contributed by atoms with E-state index < -0.39 is 5.56 Å². The lowest BCUT2D eigenvalue weighted by molar-refractivity contribution is 0.935. The van der Waals surface area contributed by atoms with Crippen molar-refractivity contribution in [2.75, 3.05) is 6.26 Å². The minimum atomic E-state index is -0.411. The molecule has 24 heavy (non-hydrogen) atoms. The fraction of sp³-hybridized carbons (Fsp3) is 0.0556. The second-order valence-corrected chi connectivity index (χ2v) is 6.73. The molecule has 3 rings (SSSR count). The standard InChI is InChI=1S/C18H13N3OS2/c1-23-18-20-16(14(11-19)17(22)21-18)13-9-5-6-10-15(13)24-12-7-3-2-4-8-12/h2-10H,1H3,(H,20,21,22). The van der Waals surface area contributed by atoms with E-state index in [0.29, 0.717) is 10.9 Å². The largest absolute Gasteiger partial charge is 0.300 e. The highest BCUT2D eigenvalue weighted by molar-refractivity contribution is 7.99. The molecule has 0 bridgehead atoms. The van der Waals surface area contributed by atoms with E-state index in [-0.39, 0.29) is 5.56 Å². The minimum absolute atomic E-state index is 0.0360. The molecule has 0 aliphatic heterocycles. The van der Waals surface area contributed by atoms with Crippen LogP contribution in [-0.4, -0.2) is 16.2 Å². The van der Waals surface area contributed by atoms with Crippen LogP contribution < -0.4 is 5.56 Å². The van der Waals surface area contributed by atoms with Crippen molar-refractivity contribution in [2.24, 2.45) is 0 Å². The number of hydrogen-bond acceptors (Lipinski definition) is 5. The maximum atomic E-state index is 12.2. The molecule has 4 nitrogen and oxygen atoms in total. The summed E-state index contributed by atoms with van der Waals surface area (Å²) in [6, 6.07) is 19.6. The second kappa shape index (κ2) is 7.39. The molecule has 1 aromatic heterocycles. The van der Waals surface area contributed by atoms with Crippen molar-refractivity contribution in [3.05, 3.63) is 70.5 Å². The van der Waals surface area contributed by atoms with Crippen LogP contribution in [0.1, 0.15) is 5.56 Å². The number of nitrogens with one attached hydrogen (secondary N) is 1. The molecule has 0 spiro atoms. The van der Waals surface area contributed by atoms with Crippen LogP contribution in [0.25, 0.3) is 11.3 Å². The van der Waals surface area contributed by atoms with Crippen LogP contribution in [-0.2, 0) is 0 Å². The highest BCUT2D eigenvalue weighted by Crippen LogP contribution is 2.36. The monoisotopic (exact) mass is 351 g/mol. The van der Waals surface area contributed by atoms with Crippen LogP contribution in [0.15, 0.2) is 74.3 Å². The van der Waals surface area contributed by atoms with E-state index in [4.69, 9.17) is 0 Å². The first kappa shape index (κ1) is 16.4. The van der Waals surface area contributed by atoms with Crippen LogP contribution in [0.4, 0.5) is 0 Å². The van der Waals surface area contributed by atoms with Crippen LogP contribution in [0.2, 0.25) is 0 Å². The van der Waals surface area contributed by atoms with Crippen molar-refractivity contribution in [1.82, 2.24) is 9.97 Å². The number of nitrogens with zero attached hydrogens (tertiary/aromatic N) is 2. The summed E-state index contributed by atoms with van der Waals surface area (Å²) in [5.41, 5.74) is 0.828. The van der Waals surface area contributed by atoms with Gasteiger partial charge in [-0.25, -0.2) is 4.98 Å². The van der Waals surface area contributed by atoms with E-state index in [1.165, 1.54) is 11.8 Å². The van der Waals surface area contributed by atoms with Crippen molar-refractivity contribution in [3.8, 4) is 17.3 Å². The summed E-state index contributed by atoms with van der Waals surface area (Å²) in [6.07, 6.45) is 1.83. The van der Waals surface area contributed by atoms with Crippen LogP contribution in [0, 0.1) is 11.3 Å². The highest BCUT2D eigenvalue weighted by Gasteiger charge is 2.16. The lowest BCUT2D eigenvalue weighted by Gasteiger charge is -2.10. The summed E-state index contributed by atoms with van der Waals surface area (Å²) in [7, 11) is 0. The normalized spacial score (nSPS) is 10.3. The zero-order valence-electron chi connectivity index (χ0n) is 12.8. The number of hydrogen-bond donors (Lipinski definition) is 1. The third-order valence-electron chi connectivity index (χ3n) is 3.32. The van der Waals surface area contributed by atoms with Crippen molar-refractivity contribution in [3.63, 3.8) is 0 Å². The lowest BCUT2D eigenvalue weighted by Crippen LogP contribution is -2.14. The molecule has 0 unspecified atom stereocenters. The molecule has 118 valence electrons. The van der Waals surface area contributed by atoms with Gasteiger partial charge in [0.05, 0.1) is 5.69 Å². The topological polar surface area (TPSA) is 69.5 Å². The molecular weight excluding hydrogens is 338 g/mol. The second-order valence-electron chi connectivity index (χ2n) is 4.82. The van der Waals surface area contributed by atoms with Gasteiger partial charge in [-0.1, -0.05) is 59.9 Å². The van der Waals surface area contributed by atoms with E-state index in [9.17, 15) is 10.1 Å². The average Bonchev–Trinajstić information content (AvgIpc) is 2.62. The third kappa shape index (κ3) is 3.37. The molecule has 0 saturated carbocycles. The van der Waals surface area contributed by atoms with Crippen molar-refractivity contribution >= 4 is 23.5 Å².